The van der Waals surface area contributed by atoms with E-state index in [0.717, 1.165) is 0 Å². The molecule has 210 valence electrons. The van der Waals surface area contributed by atoms with Gasteiger partial charge in [-0.1, -0.05) is 0 Å². The number of methoxy groups -OCH3 is 1. The fourth-order valence-electron chi connectivity index (χ4n) is 5.21. The van der Waals surface area contributed by atoms with Crippen LogP contribution in [0.15, 0.2) is 36.5 Å². The summed E-state index contributed by atoms with van der Waals surface area (Å²) in [4.78, 5) is 18.5. The van der Waals surface area contributed by atoms with Gasteiger partial charge in [0.05, 0.1) is 18.0 Å². The molecular formula is C28H30F5N3O3. The lowest BCUT2D eigenvalue weighted by Crippen LogP contribution is -2.45. The molecule has 1 aliphatic heterocycles. The molecule has 4 rings (SSSR count). The van der Waals surface area contributed by atoms with Gasteiger partial charge in [0, 0.05) is 47.9 Å². The minimum atomic E-state index is -1.60. The Bertz CT molecular complexity index is 1300. The van der Waals surface area contributed by atoms with Crippen molar-refractivity contribution in [2.75, 3.05) is 38.6 Å². The van der Waals surface area contributed by atoms with E-state index in [1.54, 1.807) is 18.2 Å². The summed E-state index contributed by atoms with van der Waals surface area (Å²) in [6.45, 7) is 0.419. The van der Waals surface area contributed by atoms with Crippen LogP contribution in [0.2, 0.25) is 0 Å². The van der Waals surface area contributed by atoms with E-state index in [9.17, 15) is 27.5 Å². The predicted molar refractivity (Wildman–Crippen MR) is 137 cm³/mol. The van der Waals surface area contributed by atoms with E-state index in [4.69, 9.17) is 4.74 Å². The maximum absolute atomic E-state index is 15.7. The number of benzene rings is 2. The second-order valence-corrected chi connectivity index (χ2v) is 9.82. The fraction of sp³-hybridized carbons (Fsp3) is 0.429. The number of ether oxygens (including phenoxy) is 1. The SMILES string of the molecule is COc1ccc2ncc(CF)c([C@H](F)CCC3(C(=O)O)CCN(CCNc4c(F)cc(F)cc4F)CC3)c2c1. The summed E-state index contributed by atoms with van der Waals surface area (Å²) in [7, 11) is 1.47. The van der Waals surface area contributed by atoms with Crippen molar-refractivity contribution in [3.63, 3.8) is 0 Å². The molecule has 11 heteroatoms. The number of anilines is 1. The Balaban J connectivity index is 1.39. The number of aliphatic carboxylic acids is 1. The molecular weight excluding hydrogens is 521 g/mol. The van der Waals surface area contributed by atoms with Crippen LogP contribution < -0.4 is 10.1 Å². The van der Waals surface area contributed by atoms with E-state index in [2.05, 4.69) is 10.3 Å². The number of fused-ring (bicyclic) bond motifs is 1. The minimum Gasteiger partial charge on any atom is -0.497 e. The Kier molecular flexibility index (Phi) is 8.89. The summed E-state index contributed by atoms with van der Waals surface area (Å²) < 4.78 is 75.5. The van der Waals surface area contributed by atoms with Crippen LogP contribution in [0, 0.1) is 22.9 Å². The van der Waals surface area contributed by atoms with Gasteiger partial charge in [-0.3, -0.25) is 9.78 Å². The van der Waals surface area contributed by atoms with Gasteiger partial charge in [-0.05, 0) is 57.0 Å². The Morgan fingerprint density at radius 3 is 2.49 bits per heavy atom. The number of alkyl halides is 2. The van der Waals surface area contributed by atoms with Gasteiger partial charge in [-0.15, -0.1) is 0 Å². The molecule has 0 spiro atoms. The van der Waals surface area contributed by atoms with Crippen LogP contribution in [0.4, 0.5) is 27.6 Å². The Morgan fingerprint density at radius 1 is 1.18 bits per heavy atom. The van der Waals surface area contributed by atoms with Crippen molar-refractivity contribution >= 4 is 22.6 Å². The molecule has 3 aromatic rings. The first-order valence-corrected chi connectivity index (χ1v) is 12.7. The second-order valence-electron chi connectivity index (χ2n) is 9.82. The van der Waals surface area contributed by atoms with Crippen LogP contribution in [0.3, 0.4) is 0 Å². The lowest BCUT2D eigenvalue weighted by Gasteiger charge is -2.39. The average Bonchev–Trinajstić information content (AvgIpc) is 2.92. The summed E-state index contributed by atoms with van der Waals surface area (Å²) >= 11 is 0. The summed E-state index contributed by atoms with van der Waals surface area (Å²) in [6, 6.07) is 6.12. The first-order chi connectivity index (χ1) is 18.7. The van der Waals surface area contributed by atoms with Crippen LogP contribution in [0.25, 0.3) is 10.9 Å². The van der Waals surface area contributed by atoms with Crippen molar-refractivity contribution in [2.45, 2.75) is 38.5 Å². The number of nitrogens with zero attached hydrogens (tertiary/aromatic N) is 2. The quantitative estimate of drug-likeness (QED) is 0.277. The van der Waals surface area contributed by atoms with Gasteiger partial charge in [-0.25, -0.2) is 22.0 Å². The molecule has 1 aromatic heterocycles. The highest BCUT2D eigenvalue weighted by atomic mass is 19.2. The molecule has 1 saturated heterocycles. The van der Waals surface area contributed by atoms with Gasteiger partial charge < -0.3 is 20.1 Å². The van der Waals surface area contributed by atoms with Crippen molar-refractivity contribution in [1.29, 1.82) is 0 Å². The third-order valence-corrected chi connectivity index (χ3v) is 7.54. The molecule has 39 heavy (non-hydrogen) atoms. The van der Waals surface area contributed by atoms with Gasteiger partial charge in [-0.2, -0.15) is 0 Å². The first-order valence-electron chi connectivity index (χ1n) is 12.7. The fourth-order valence-corrected chi connectivity index (χ4v) is 5.21. The summed E-state index contributed by atoms with van der Waals surface area (Å²) in [5, 5.41) is 13.1. The van der Waals surface area contributed by atoms with Crippen molar-refractivity contribution in [3.05, 3.63) is 65.1 Å². The maximum Gasteiger partial charge on any atom is 0.309 e. The molecule has 0 aliphatic carbocycles. The topological polar surface area (TPSA) is 74.7 Å². The van der Waals surface area contributed by atoms with Crippen molar-refractivity contribution in [1.82, 2.24) is 9.88 Å². The summed E-state index contributed by atoms with van der Waals surface area (Å²) in [5.74, 6) is -3.62. The average molecular weight is 552 g/mol. The number of carboxylic acid groups (broad SMARTS) is 1. The molecule has 2 aromatic carbocycles. The largest absolute Gasteiger partial charge is 0.497 e. The zero-order valence-corrected chi connectivity index (χ0v) is 21.5. The molecule has 1 aliphatic rings. The highest BCUT2D eigenvalue weighted by Crippen LogP contribution is 2.41. The number of aromatic nitrogens is 1. The lowest BCUT2D eigenvalue weighted by atomic mass is 9.74. The molecule has 0 bridgehead atoms. The third kappa shape index (κ3) is 6.24. The summed E-state index contributed by atoms with van der Waals surface area (Å²) in [5.41, 5.74) is -0.813. The normalized spacial score (nSPS) is 16.3. The molecule has 6 nitrogen and oxygen atoms in total. The van der Waals surface area contributed by atoms with Crippen LogP contribution in [-0.4, -0.2) is 54.2 Å². The van der Waals surface area contributed by atoms with E-state index in [1.807, 2.05) is 4.90 Å². The number of nitrogens with one attached hydrogen (secondary N) is 1. The van der Waals surface area contributed by atoms with Crippen LogP contribution in [-0.2, 0) is 11.5 Å². The van der Waals surface area contributed by atoms with E-state index in [0.29, 0.717) is 48.4 Å². The number of pyridine rings is 1. The molecule has 2 N–H and O–H groups in total. The number of piperidine rings is 1. The van der Waals surface area contributed by atoms with E-state index in [-0.39, 0.29) is 43.4 Å². The van der Waals surface area contributed by atoms with Crippen molar-refractivity contribution in [2.24, 2.45) is 5.41 Å². The first kappa shape index (κ1) is 28.5. The van der Waals surface area contributed by atoms with E-state index >= 15 is 4.39 Å². The Labute approximate surface area is 222 Å². The second kappa shape index (κ2) is 12.1. The van der Waals surface area contributed by atoms with E-state index in [1.165, 1.54) is 13.3 Å². The highest BCUT2D eigenvalue weighted by Gasteiger charge is 2.41. The number of hydrogen-bond donors (Lipinski definition) is 2. The predicted octanol–water partition coefficient (Wildman–Crippen LogP) is 6.20. The van der Waals surface area contributed by atoms with Crippen LogP contribution in [0.5, 0.6) is 5.75 Å². The van der Waals surface area contributed by atoms with Gasteiger partial charge in [0.25, 0.3) is 0 Å². The Hall–Kier alpha value is -3.47. The number of likely N-dealkylation sites (tertiary alicyclic amines) is 1. The van der Waals surface area contributed by atoms with Gasteiger partial charge in [0.15, 0.2) is 11.6 Å². The van der Waals surface area contributed by atoms with Crippen molar-refractivity contribution in [3.8, 4) is 5.75 Å². The van der Waals surface area contributed by atoms with Gasteiger partial charge in [0.2, 0.25) is 0 Å². The minimum absolute atomic E-state index is 0.0566. The van der Waals surface area contributed by atoms with E-state index < -0.39 is 47.4 Å². The molecule has 1 fully saturated rings. The number of carboxylic acids is 1. The van der Waals surface area contributed by atoms with Crippen LogP contribution in [0.1, 0.15) is 43.0 Å². The highest BCUT2D eigenvalue weighted by molar-refractivity contribution is 5.85. The molecule has 2 heterocycles. The van der Waals surface area contributed by atoms with Gasteiger partial charge in [0.1, 0.15) is 30.1 Å². The Morgan fingerprint density at radius 2 is 1.87 bits per heavy atom. The number of hydrogen-bond acceptors (Lipinski definition) is 5. The smallest absolute Gasteiger partial charge is 0.309 e. The number of halogens is 5. The maximum atomic E-state index is 15.7. The zero-order valence-electron chi connectivity index (χ0n) is 21.5. The molecule has 0 amide bonds. The van der Waals surface area contributed by atoms with Crippen LogP contribution >= 0.6 is 0 Å². The number of rotatable bonds is 11. The zero-order chi connectivity index (χ0) is 28.2. The molecule has 0 saturated carbocycles. The van der Waals surface area contributed by atoms with Crippen molar-refractivity contribution < 1.29 is 36.6 Å². The third-order valence-electron chi connectivity index (χ3n) is 7.54. The monoisotopic (exact) mass is 551 g/mol. The molecule has 0 unspecified atom stereocenters. The van der Waals surface area contributed by atoms with Gasteiger partial charge >= 0.3 is 5.97 Å². The number of carbonyl (C=O) groups is 1. The summed E-state index contributed by atoms with van der Waals surface area (Å²) in [6.07, 6.45) is 0.165. The molecule has 0 radical (unpaired) electrons. The molecule has 1 atom stereocenters. The standard InChI is InChI=1S/C28H30F5N3O3/c1-39-19-2-3-24-20(14-19)25(17(15-29)16-35-24)21(31)4-5-28(27(37)38)6-9-36(10-7-28)11-8-34-26-22(32)12-18(30)13-23(26)33/h2-3,12-14,16,21,34H,4-11,15H2,1H3,(H,37,38)/t21-/m1/s1. The lowest BCUT2D eigenvalue weighted by molar-refractivity contribution is -0.153.